The molecule has 0 aromatic heterocycles. The number of benzene rings is 1. The zero-order valence-corrected chi connectivity index (χ0v) is 12.5. The SMILES string of the molecule is O=C(CN1CCCC1C(=O)O)NCCc1cccc(Cl)c1. The van der Waals surface area contributed by atoms with Crippen LogP contribution in [0.4, 0.5) is 0 Å². The Labute approximate surface area is 128 Å². The van der Waals surface area contributed by atoms with Crippen LogP contribution in [0, 0.1) is 0 Å². The highest BCUT2D eigenvalue weighted by Crippen LogP contribution is 2.16. The molecule has 1 aromatic rings. The molecule has 1 unspecified atom stereocenters. The lowest BCUT2D eigenvalue weighted by Gasteiger charge is -2.20. The number of amides is 1. The van der Waals surface area contributed by atoms with Crippen LogP contribution < -0.4 is 5.32 Å². The van der Waals surface area contributed by atoms with Gasteiger partial charge in [0.1, 0.15) is 6.04 Å². The number of carboxylic acids is 1. The van der Waals surface area contributed by atoms with Gasteiger partial charge in [0.25, 0.3) is 0 Å². The summed E-state index contributed by atoms with van der Waals surface area (Å²) in [4.78, 5) is 24.6. The Morgan fingerprint density at radius 1 is 1.43 bits per heavy atom. The molecular formula is C15H19ClN2O3. The largest absolute Gasteiger partial charge is 0.480 e. The van der Waals surface area contributed by atoms with Gasteiger partial charge in [0.15, 0.2) is 0 Å². The molecule has 1 aliphatic heterocycles. The second-order valence-electron chi connectivity index (χ2n) is 5.20. The van der Waals surface area contributed by atoms with Crippen molar-refractivity contribution >= 4 is 23.5 Å². The molecule has 0 saturated carbocycles. The van der Waals surface area contributed by atoms with Gasteiger partial charge < -0.3 is 10.4 Å². The lowest BCUT2D eigenvalue weighted by atomic mass is 10.1. The van der Waals surface area contributed by atoms with Gasteiger partial charge in [0, 0.05) is 11.6 Å². The summed E-state index contributed by atoms with van der Waals surface area (Å²) >= 11 is 5.90. The Morgan fingerprint density at radius 3 is 2.95 bits per heavy atom. The summed E-state index contributed by atoms with van der Waals surface area (Å²) in [6, 6.07) is 6.99. The van der Waals surface area contributed by atoms with Gasteiger partial charge in [0.2, 0.25) is 5.91 Å². The number of likely N-dealkylation sites (tertiary alicyclic amines) is 1. The topological polar surface area (TPSA) is 69.6 Å². The van der Waals surface area contributed by atoms with Gasteiger partial charge in [-0.3, -0.25) is 14.5 Å². The van der Waals surface area contributed by atoms with Gasteiger partial charge >= 0.3 is 5.97 Å². The van der Waals surface area contributed by atoms with Crippen LogP contribution >= 0.6 is 11.6 Å². The highest BCUT2D eigenvalue weighted by atomic mass is 35.5. The number of aliphatic carboxylic acids is 1. The molecule has 1 aliphatic rings. The van der Waals surface area contributed by atoms with Crippen LogP contribution in [0.15, 0.2) is 24.3 Å². The van der Waals surface area contributed by atoms with Crippen molar-refractivity contribution in [3.63, 3.8) is 0 Å². The van der Waals surface area contributed by atoms with Crippen molar-refractivity contribution in [2.45, 2.75) is 25.3 Å². The van der Waals surface area contributed by atoms with Gasteiger partial charge in [-0.25, -0.2) is 0 Å². The fourth-order valence-corrected chi connectivity index (χ4v) is 2.79. The molecule has 21 heavy (non-hydrogen) atoms. The van der Waals surface area contributed by atoms with Crippen LogP contribution in [0.1, 0.15) is 18.4 Å². The first-order chi connectivity index (χ1) is 10.1. The third-order valence-electron chi connectivity index (χ3n) is 3.62. The standard InChI is InChI=1S/C15H19ClN2O3/c16-12-4-1-3-11(9-12)6-7-17-14(19)10-18-8-2-5-13(18)15(20)21/h1,3-4,9,13H,2,5-8,10H2,(H,17,19)(H,20,21). The zero-order chi connectivity index (χ0) is 15.2. The van der Waals surface area contributed by atoms with E-state index in [4.69, 9.17) is 16.7 Å². The molecule has 2 rings (SSSR count). The normalized spacial score (nSPS) is 18.6. The summed E-state index contributed by atoms with van der Waals surface area (Å²) in [6.45, 7) is 1.33. The van der Waals surface area contributed by atoms with Crippen molar-refractivity contribution in [2.24, 2.45) is 0 Å². The molecule has 0 spiro atoms. The van der Waals surface area contributed by atoms with E-state index in [1.54, 1.807) is 4.90 Å². The molecule has 6 heteroatoms. The summed E-state index contributed by atoms with van der Waals surface area (Å²) < 4.78 is 0. The van der Waals surface area contributed by atoms with Crippen LogP contribution in [0.2, 0.25) is 5.02 Å². The number of nitrogens with one attached hydrogen (secondary N) is 1. The van der Waals surface area contributed by atoms with Gasteiger partial charge in [-0.05, 0) is 43.5 Å². The van der Waals surface area contributed by atoms with E-state index in [1.807, 2.05) is 24.3 Å². The van der Waals surface area contributed by atoms with Gasteiger partial charge in [-0.2, -0.15) is 0 Å². The number of halogens is 1. The Bertz CT molecular complexity index is 521. The number of hydrogen-bond donors (Lipinski definition) is 2. The Hall–Kier alpha value is -1.59. The Morgan fingerprint density at radius 2 is 2.24 bits per heavy atom. The summed E-state index contributed by atoms with van der Waals surface area (Å²) in [7, 11) is 0. The fraction of sp³-hybridized carbons (Fsp3) is 0.467. The molecule has 1 amide bonds. The minimum absolute atomic E-state index is 0.134. The number of carboxylic acid groups (broad SMARTS) is 1. The lowest BCUT2D eigenvalue weighted by Crippen LogP contribution is -2.43. The first kappa shape index (κ1) is 15.8. The molecule has 0 aliphatic carbocycles. The van der Waals surface area contributed by atoms with Crippen LogP contribution in [-0.4, -0.2) is 47.6 Å². The highest BCUT2D eigenvalue weighted by Gasteiger charge is 2.31. The zero-order valence-electron chi connectivity index (χ0n) is 11.7. The second-order valence-corrected chi connectivity index (χ2v) is 5.63. The maximum atomic E-state index is 11.9. The number of carbonyl (C=O) groups excluding carboxylic acids is 1. The monoisotopic (exact) mass is 310 g/mol. The number of carbonyl (C=O) groups is 2. The van der Waals surface area contributed by atoms with Crippen LogP contribution in [0.25, 0.3) is 0 Å². The minimum atomic E-state index is -0.848. The van der Waals surface area contributed by atoms with Crippen LogP contribution in [-0.2, 0) is 16.0 Å². The molecule has 0 radical (unpaired) electrons. The predicted octanol–water partition coefficient (Wildman–Crippen LogP) is 1.55. The minimum Gasteiger partial charge on any atom is -0.480 e. The van der Waals surface area contributed by atoms with Crippen molar-refractivity contribution in [3.05, 3.63) is 34.9 Å². The maximum absolute atomic E-state index is 11.9. The van der Waals surface area contributed by atoms with E-state index in [1.165, 1.54) is 0 Å². The molecule has 1 atom stereocenters. The van der Waals surface area contributed by atoms with Crippen molar-refractivity contribution in [2.75, 3.05) is 19.6 Å². The Kier molecular flexibility index (Phi) is 5.59. The third-order valence-corrected chi connectivity index (χ3v) is 3.86. The summed E-state index contributed by atoms with van der Waals surface area (Å²) in [5, 5.41) is 12.6. The molecule has 114 valence electrons. The van der Waals surface area contributed by atoms with E-state index < -0.39 is 12.0 Å². The average Bonchev–Trinajstić information content (AvgIpc) is 2.87. The van der Waals surface area contributed by atoms with Gasteiger partial charge in [-0.1, -0.05) is 23.7 Å². The summed E-state index contributed by atoms with van der Waals surface area (Å²) in [6.07, 6.45) is 2.15. The quantitative estimate of drug-likeness (QED) is 0.836. The predicted molar refractivity (Wildman–Crippen MR) is 80.4 cm³/mol. The van der Waals surface area contributed by atoms with Crippen LogP contribution in [0.3, 0.4) is 0 Å². The highest BCUT2D eigenvalue weighted by molar-refractivity contribution is 6.30. The molecule has 0 bridgehead atoms. The van der Waals surface area contributed by atoms with E-state index >= 15 is 0 Å². The van der Waals surface area contributed by atoms with E-state index in [0.29, 0.717) is 31.0 Å². The van der Waals surface area contributed by atoms with E-state index in [9.17, 15) is 9.59 Å². The lowest BCUT2D eigenvalue weighted by molar-refractivity contribution is -0.142. The summed E-state index contributed by atoms with van der Waals surface area (Å²) in [5.41, 5.74) is 1.06. The molecule has 2 N–H and O–H groups in total. The summed E-state index contributed by atoms with van der Waals surface area (Å²) in [5.74, 6) is -0.982. The van der Waals surface area contributed by atoms with Crippen molar-refractivity contribution in [1.82, 2.24) is 10.2 Å². The smallest absolute Gasteiger partial charge is 0.320 e. The fourth-order valence-electron chi connectivity index (χ4n) is 2.57. The van der Waals surface area contributed by atoms with E-state index in [0.717, 1.165) is 12.0 Å². The first-order valence-corrected chi connectivity index (χ1v) is 7.42. The Balaban J connectivity index is 1.74. The van der Waals surface area contributed by atoms with Crippen molar-refractivity contribution < 1.29 is 14.7 Å². The van der Waals surface area contributed by atoms with Crippen molar-refractivity contribution in [3.8, 4) is 0 Å². The van der Waals surface area contributed by atoms with Crippen molar-refractivity contribution in [1.29, 1.82) is 0 Å². The molecule has 1 saturated heterocycles. The van der Waals surface area contributed by atoms with E-state index in [2.05, 4.69) is 5.32 Å². The number of rotatable bonds is 6. The number of nitrogens with zero attached hydrogens (tertiary/aromatic N) is 1. The third kappa shape index (κ3) is 4.72. The van der Waals surface area contributed by atoms with Crippen LogP contribution in [0.5, 0.6) is 0 Å². The number of hydrogen-bond acceptors (Lipinski definition) is 3. The maximum Gasteiger partial charge on any atom is 0.320 e. The molecule has 1 aromatic carbocycles. The molecule has 5 nitrogen and oxygen atoms in total. The van der Waals surface area contributed by atoms with E-state index in [-0.39, 0.29) is 12.5 Å². The average molecular weight is 311 g/mol. The molecular weight excluding hydrogens is 292 g/mol. The first-order valence-electron chi connectivity index (χ1n) is 7.04. The second kappa shape index (κ2) is 7.43. The molecule has 1 heterocycles. The molecule has 1 fully saturated rings. The van der Waals surface area contributed by atoms with Gasteiger partial charge in [0.05, 0.1) is 6.54 Å². The van der Waals surface area contributed by atoms with Gasteiger partial charge in [-0.15, -0.1) is 0 Å².